The molecular formula is C22H29BrN2O4. The van der Waals surface area contributed by atoms with Crippen LogP contribution in [-0.4, -0.2) is 42.8 Å². The van der Waals surface area contributed by atoms with E-state index in [2.05, 4.69) is 15.9 Å². The molecule has 1 amide bonds. The standard InChI is InChI=1S/C22H29BrN2O4/c1-13-11-16(15(3)23)19-17(12-13)18(26)14(2)20(28-19)24-7-9-25(10-8-24)21(27)29-22(4,5)6/h11-12,15H,7-10H2,1-6H3. The number of carbonyl (C=O) groups is 1. The van der Waals surface area contributed by atoms with Crippen LogP contribution in [0.1, 0.15) is 49.2 Å². The van der Waals surface area contributed by atoms with Crippen LogP contribution in [0.4, 0.5) is 10.7 Å². The molecule has 1 fully saturated rings. The molecule has 0 radical (unpaired) electrons. The number of piperazine rings is 1. The normalized spacial score (nSPS) is 16.2. The van der Waals surface area contributed by atoms with Crippen molar-refractivity contribution in [2.45, 2.75) is 52.0 Å². The summed E-state index contributed by atoms with van der Waals surface area (Å²) in [6.07, 6.45) is -0.306. The van der Waals surface area contributed by atoms with Crippen LogP contribution in [0.25, 0.3) is 11.0 Å². The average molecular weight is 465 g/mol. The molecule has 7 heteroatoms. The van der Waals surface area contributed by atoms with Gasteiger partial charge in [0.1, 0.15) is 11.2 Å². The molecule has 3 rings (SSSR count). The van der Waals surface area contributed by atoms with Crippen molar-refractivity contribution in [1.29, 1.82) is 0 Å². The van der Waals surface area contributed by atoms with Gasteiger partial charge in [0, 0.05) is 36.6 Å². The van der Waals surface area contributed by atoms with Gasteiger partial charge >= 0.3 is 6.09 Å². The molecule has 0 saturated carbocycles. The summed E-state index contributed by atoms with van der Waals surface area (Å²) in [6, 6.07) is 3.93. The van der Waals surface area contributed by atoms with E-state index in [1.807, 2.05) is 51.7 Å². The Hall–Kier alpha value is -2.02. The third-order valence-electron chi connectivity index (χ3n) is 5.01. The minimum absolute atomic E-state index is 0.00563. The van der Waals surface area contributed by atoms with Crippen LogP contribution in [0.15, 0.2) is 21.3 Å². The molecule has 6 nitrogen and oxygen atoms in total. The van der Waals surface area contributed by atoms with Crippen molar-refractivity contribution in [1.82, 2.24) is 4.90 Å². The lowest BCUT2D eigenvalue weighted by Gasteiger charge is -2.36. The van der Waals surface area contributed by atoms with E-state index in [0.29, 0.717) is 48.6 Å². The Bertz CT molecular complexity index is 983. The minimum Gasteiger partial charge on any atom is -0.444 e. The van der Waals surface area contributed by atoms with Gasteiger partial charge in [-0.15, -0.1) is 0 Å². The maximum atomic E-state index is 13.1. The third kappa shape index (κ3) is 4.60. The lowest BCUT2D eigenvalue weighted by atomic mass is 10.0. The van der Waals surface area contributed by atoms with E-state index in [1.54, 1.807) is 11.8 Å². The van der Waals surface area contributed by atoms with E-state index in [1.165, 1.54) is 0 Å². The van der Waals surface area contributed by atoms with Gasteiger partial charge in [0.2, 0.25) is 5.88 Å². The second kappa shape index (κ2) is 8.01. The molecular weight excluding hydrogens is 436 g/mol. The second-order valence-electron chi connectivity index (χ2n) is 8.66. The smallest absolute Gasteiger partial charge is 0.410 e. The summed E-state index contributed by atoms with van der Waals surface area (Å²) in [7, 11) is 0. The minimum atomic E-state index is -0.517. The maximum absolute atomic E-state index is 13.1. The van der Waals surface area contributed by atoms with Gasteiger partial charge in [0.15, 0.2) is 5.43 Å². The monoisotopic (exact) mass is 464 g/mol. The van der Waals surface area contributed by atoms with Crippen molar-refractivity contribution < 1.29 is 13.9 Å². The highest BCUT2D eigenvalue weighted by Gasteiger charge is 2.28. The van der Waals surface area contributed by atoms with Crippen LogP contribution in [0.2, 0.25) is 0 Å². The highest BCUT2D eigenvalue weighted by atomic mass is 79.9. The van der Waals surface area contributed by atoms with Crippen molar-refractivity contribution in [2.75, 3.05) is 31.1 Å². The van der Waals surface area contributed by atoms with Crippen molar-refractivity contribution in [3.05, 3.63) is 39.0 Å². The van der Waals surface area contributed by atoms with Crippen LogP contribution >= 0.6 is 15.9 Å². The number of fused-ring (bicyclic) bond motifs is 1. The zero-order valence-corrected chi connectivity index (χ0v) is 19.6. The molecule has 2 heterocycles. The summed E-state index contributed by atoms with van der Waals surface area (Å²) in [5.41, 5.74) is 2.70. The van der Waals surface area contributed by atoms with Gasteiger partial charge in [-0.25, -0.2) is 4.79 Å². The van der Waals surface area contributed by atoms with Crippen LogP contribution in [0, 0.1) is 13.8 Å². The van der Waals surface area contributed by atoms with Gasteiger partial charge in [-0.2, -0.15) is 0 Å². The van der Waals surface area contributed by atoms with E-state index in [4.69, 9.17) is 9.15 Å². The Morgan fingerprint density at radius 3 is 2.34 bits per heavy atom. The van der Waals surface area contributed by atoms with Gasteiger partial charge in [-0.05, 0) is 53.2 Å². The fraction of sp³-hybridized carbons (Fsp3) is 0.545. The molecule has 0 N–H and O–H groups in total. The van der Waals surface area contributed by atoms with E-state index in [9.17, 15) is 9.59 Å². The van der Waals surface area contributed by atoms with Crippen molar-refractivity contribution in [3.8, 4) is 0 Å². The zero-order valence-electron chi connectivity index (χ0n) is 18.0. The molecule has 1 aliphatic heterocycles. The molecule has 1 unspecified atom stereocenters. The summed E-state index contributed by atoms with van der Waals surface area (Å²) in [5.74, 6) is 0.588. The van der Waals surface area contributed by atoms with Crippen LogP contribution in [-0.2, 0) is 4.74 Å². The molecule has 1 aliphatic rings. The van der Waals surface area contributed by atoms with Crippen LogP contribution < -0.4 is 10.3 Å². The molecule has 29 heavy (non-hydrogen) atoms. The van der Waals surface area contributed by atoms with Crippen molar-refractivity contribution in [3.63, 3.8) is 0 Å². The Morgan fingerprint density at radius 2 is 1.79 bits per heavy atom. The molecule has 158 valence electrons. The number of anilines is 1. The molecule has 1 saturated heterocycles. The van der Waals surface area contributed by atoms with E-state index in [-0.39, 0.29) is 16.3 Å². The zero-order chi connectivity index (χ0) is 21.5. The number of benzene rings is 1. The first-order valence-electron chi connectivity index (χ1n) is 9.93. The van der Waals surface area contributed by atoms with Gasteiger partial charge in [-0.1, -0.05) is 22.0 Å². The highest BCUT2D eigenvalue weighted by molar-refractivity contribution is 9.09. The molecule has 1 atom stereocenters. The lowest BCUT2D eigenvalue weighted by molar-refractivity contribution is 0.0239. The summed E-state index contributed by atoms with van der Waals surface area (Å²) in [5, 5.41) is 0.611. The topological polar surface area (TPSA) is 63.0 Å². The SMILES string of the molecule is Cc1cc(C(C)Br)c2oc(N3CCN(C(=O)OC(C)(C)C)CC3)c(C)c(=O)c2c1. The van der Waals surface area contributed by atoms with E-state index < -0.39 is 5.60 Å². The number of carbonyl (C=O) groups excluding carboxylic acids is 1. The summed E-state index contributed by atoms with van der Waals surface area (Å²) in [6.45, 7) is 13.6. The molecule has 0 spiro atoms. The summed E-state index contributed by atoms with van der Waals surface area (Å²) >= 11 is 3.62. The number of halogens is 1. The number of ether oxygens (including phenoxy) is 1. The molecule has 2 aromatic rings. The van der Waals surface area contributed by atoms with Crippen molar-refractivity contribution in [2.24, 2.45) is 0 Å². The lowest BCUT2D eigenvalue weighted by Crippen LogP contribution is -2.50. The number of nitrogens with zero attached hydrogens (tertiary/aromatic N) is 2. The van der Waals surface area contributed by atoms with E-state index >= 15 is 0 Å². The summed E-state index contributed by atoms with van der Waals surface area (Å²) in [4.78, 5) is 29.2. The number of alkyl halides is 1. The number of hydrogen-bond donors (Lipinski definition) is 0. The number of rotatable bonds is 2. The number of amides is 1. The van der Waals surface area contributed by atoms with Crippen LogP contribution in [0.3, 0.4) is 0 Å². The predicted octanol–water partition coefficient (Wildman–Crippen LogP) is 4.92. The second-order valence-corrected chi connectivity index (χ2v) is 10.0. The van der Waals surface area contributed by atoms with E-state index in [0.717, 1.165) is 11.1 Å². The Labute approximate surface area is 179 Å². The fourth-order valence-electron chi connectivity index (χ4n) is 3.57. The maximum Gasteiger partial charge on any atom is 0.410 e. The van der Waals surface area contributed by atoms with Gasteiger partial charge < -0.3 is 19.0 Å². The quantitative estimate of drug-likeness (QED) is 0.589. The Morgan fingerprint density at radius 1 is 1.17 bits per heavy atom. The first-order chi connectivity index (χ1) is 13.5. The Balaban J connectivity index is 1.91. The third-order valence-corrected chi connectivity index (χ3v) is 5.51. The highest BCUT2D eigenvalue weighted by Crippen LogP contribution is 2.33. The molecule has 1 aromatic heterocycles. The first-order valence-corrected chi connectivity index (χ1v) is 10.8. The molecule has 0 bridgehead atoms. The van der Waals surface area contributed by atoms with Gasteiger partial charge in [-0.3, -0.25) is 4.79 Å². The van der Waals surface area contributed by atoms with Gasteiger partial charge in [0.05, 0.1) is 10.9 Å². The number of hydrogen-bond acceptors (Lipinski definition) is 5. The average Bonchev–Trinajstić information content (AvgIpc) is 2.63. The fourth-order valence-corrected chi connectivity index (χ4v) is 3.91. The predicted molar refractivity (Wildman–Crippen MR) is 119 cm³/mol. The summed E-state index contributed by atoms with van der Waals surface area (Å²) < 4.78 is 11.8. The molecule has 0 aliphatic carbocycles. The van der Waals surface area contributed by atoms with Crippen molar-refractivity contribution >= 4 is 38.9 Å². The van der Waals surface area contributed by atoms with Gasteiger partial charge in [0.25, 0.3) is 0 Å². The Kier molecular flexibility index (Phi) is 5.99. The van der Waals surface area contributed by atoms with Crippen LogP contribution in [0.5, 0.6) is 0 Å². The largest absolute Gasteiger partial charge is 0.444 e. The number of aryl methyl sites for hydroxylation is 1. The molecule has 1 aromatic carbocycles. The first kappa shape index (κ1) is 21.7.